The van der Waals surface area contributed by atoms with Crippen molar-refractivity contribution < 1.29 is 9.13 Å². The fourth-order valence-corrected chi connectivity index (χ4v) is 3.36. The molecular weight excluding hydrogens is 285 g/mol. The van der Waals surface area contributed by atoms with Crippen LogP contribution in [0.2, 0.25) is 0 Å². The predicted octanol–water partition coefficient (Wildman–Crippen LogP) is 5.22. The lowest BCUT2D eigenvalue weighted by Crippen LogP contribution is -2.05. The first-order valence-corrected chi connectivity index (χ1v) is 7.57. The molecule has 1 unspecified atom stereocenters. The molecule has 0 saturated carbocycles. The molecule has 0 fully saturated rings. The molecular formula is C17H16FNOS. The Labute approximate surface area is 127 Å². The van der Waals surface area contributed by atoms with Crippen LogP contribution in [0.25, 0.3) is 10.1 Å². The third-order valence-corrected chi connectivity index (χ3v) is 4.71. The molecule has 2 nitrogen and oxygen atoms in total. The minimum Gasteiger partial charge on any atom is -0.494 e. The summed E-state index contributed by atoms with van der Waals surface area (Å²) in [5.41, 5.74) is 0.748. The molecule has 1 heterocycles. The lowest BCUT2D eigenvalue weighted by Gasteiger charge is -2.14. The summed E-state index contributed by atoms with van der Waals surface area (Å²) >= 11 is 1.76. The number of rotatable bonds is 4. The highest BCUT2D eigenvalue weighted by Gasteiger charge is 2.11. The largest absolute Gasteiger partial charge is 0.494 e. The van der Waals surface area contributed by atoms with Crippen molar-refractivity contribution in [1.82, 2.24) is 0 Å². The number of benzene rings is 2. The van der Waals surface area contributed by atoms with Crippen molar-refractivity contribution in [2.75, 3.05) is 12.4 Å². The van der Waals surface area contributed by atoms with Gasteiger partial charge < -0.3 is 10.1 Å². The molecule has 1 N–H and O–H groups in total. The molecule has 2 aromatic carbocycles. The quantitative estimate of drug-likeness (QED) is 0.713. The summed E-state index contributed by atoms with van der Waals surface area (Å²) in [6.45, 7) is 2.08. The number of nitrogens with one attached hydrogen (secondary N) is 1. The average Bonchev–Trinajstić information content (AvgIpc) is 2.91. The standard InChI is InChI=1S/C17H16FNOS/c1-11(17-9-12-5-3-4-6-16(12)21-17)19-13-7-8-15(20-2)14(18)10-13/h3-11,19H,1-2H3. The minimum atomic E-state index is -0.356. The van der Waals surface area contributed by atoms with Crippen LogP contribution < -0.4 is 10.1 Å². The molecule has 21 heavy (non-hydrogen) atoms. The van der Waals surface area contributed by atoms with Crippen molar-refractivity contribution in [3.63, 3.8) is 0 Å². The highest BCUT2D eigenvalue weighted by Crippen LogP contribution is 2.32. The molecule has 0 radical (unpaired) electrons. The number of methoxy groups -OCH3 is 1. The van der Waals surface area contributed by atoms with Crippen molar-refractivity contribution in [3.8, 4) is 5.75 Å². The van der Waals surface area contributed by atoms with Gasteiger partial charge in [0.15, 0.2) is 11.6 Å². The SMILES string of the molecule is COc1ccc(NC(C)c2cc3ccccc3s2)cc1F. The monoisotopic (exact) mass is 301 g/mol. The minimum absolute atomic E-state index is 0.121. The van der Waals surface area contributed by atoms with Gasteiger partial charge in [0.05, 0.1) is 13.2 Å². The van der Waals surface area contributed by atoms with Gasteiger partial charge in [-0.25, -0.2) is 4.39 Å². The van der Waals surface area contributed by atoms with Gasteiger partial charge in [0.1, 0.15) is 0 Å². The number of thiophene rings is 1. The van der Waals surface area contributed by atoms with E-state index in [-0.39, 0.29) is 17.6 Å². The van der Waals surface area contributed by atoms with E-state index in [9.17, 15) is 4.39 Å². The van der Waals surface area contributed by atoms with Gasteiger partial charge in [0.2, 0.25) is 0 Å². The van der Waals surface area contributed by atoms with Gasteiger partial charge in [-0.1, -0.05) is 18.2 Å². The van der Waals surface area contributed by atoms with Crippen molar-refractivity contribution in [2.45, 2.75) is 13.0 Å². The Balaban J connectivity index is 1.82. The zero-order valence-electron chi connectivity index (χ0n) is 11.9. The molecule has 0 spiro atoms. The molecule has 3 rings (SSSR count). The fourth-order valence-electron chi connectivity index (χ4n) is 2.29. The van der Waals surface area contributed by atoms with Crippen LogP contribution in [-0.2, 0) is 0 Å². The summed E-state index contributed by atoms with van der Waals surface area (Å²) < 4.78 is 19.9. The highest BCUT2D eigenvalue weighted by atomic mass is 32.1. The number of anilines is 1. The average molecular weight is 301 g/mol. The zero-order valence-corrected chi connectivity index (χ0v) is 12.7. The lowest BCUT2D eigenvalue weighted by molar-refractivity contribution is 0.386. The van der Waals surface area contributed by atoms with Crippen LogP contribution in [0.1, 0.15) is 17.8 Å². The van der Waals surface area contributed by atoms with E-state index in [0.29, 0.717) is 0 Å². The van der Waals surface area contributed by atoms with Gasteiger partial charge in [-0.2, -0.15) is 0 Å². The first-order chi connectivity index (χ1) is 10.2. The van der Waals surface area contributed by atoms with Crippen molar-refractivity contribution in [3.05, 3.63) is 59.2 Å². The molecule has 0 aliphatic rings. The second-order valence-electron chi connectivity index (χ2n) is 4.90. The lowest BCUT2D eigenvalue weighted by atomic mass is 10.2. The molecule has 0 aliphatic heterocycles. The molecule has 3 aromatic rings. The molecule has 0 amide bonds. The van der Waals surface area contributed by atoms with E-state index in [2.05, 4.69) is 30.4 Å². The van der Waals surface area contributed by atoms with E-state index >= 15 is 0 Å². The predicted molar refractivity (Wildman–Crippen MR) is 86.8 cm³/mol. The topological polar surface area (TPSA) is 21.3 Å². The van der Waals surface area contributed by atoms with E-state index in [1.165, 1.54) is 28.1 Å². The Kier molecular flexibility index (Phi) is 3.80. The van der Waals surface area contributed by atoms with Gasteiger partial charge in [-0.05, 0) is 36.6 Å². The maximum absolute atomic E-state index is 13.7. The maximum Gasteiger partial charge on any atom is 0.167 e. The number of fused-ring (bicyclic) bond motifs is 1. The summed E-state index contributed by atoms with van der Waals surface area (Å²) in [5, 5.41) is 4.57. The smallest absolute Gasteiger partial charge is 0.167 e. The summed E-state index contributed by atoms with van der Waals surface area (Å²) in [7, 11) is 1.46. The molecule has 0 saturated heterocycles. The molecule has 1 aromatic heterocycles. The Morgan fingerprint density at radius 2 is 1.95 bits per heavy atom. The molecule has 0 bridgehead atoms. The number of ether oxygens (including phenoxy) is 1. The van der Waals surface area contributed by atoms with Crippen LogP contribution in [0.4, 0.5) is 10.1 Å². The molecule has 1 atom stereocenters. The Hall–Kier alpha value is -2.07. The van der Waals surface area contributed by atoms with Crippen LogP contribution in [0.3, 0.4) is 0 Å². The summed E-state index contributed by atoms with van der Waals surface area (Å²) in [4.78, 5) is 1.23. The summed E-state index contributed by atoms with van der Waals surface area (Å²) in [6.07, 6.45) is 0. The Morgan fingerprint density at radius 1 is 1.14 bits per heavy atom. The van der Waals surface area contributed by atoms with Crippen LogP contribution in [-0.4, -0.2) is 7.11 Å². The Morgan fingerprint density at radius 3 is 2.67 bits per heavy atom. The first kappa shape index (κ1) is 13.9. The third-order valence-electron chi connectivity index (χ3n) is 3.41. The van der Waals surface area contributed by atoms with E-state index in [1.807, 2.05) is 18.2 Å². The van der Waals surface area contributed by atoms with Crippen molar-refractivity contribution in [1.29, 1.82) is 0 Å². The van der Waals surface area contributed by atoms with E-state index in [4.69, 9.17) is 4.74 Å². The number of hydrogen-bond donors (Lipinski definition) is 1. The third kappa shape index (κ3) is 2.85. The Bertz CT molecular complexity index is 735. The maximum atomic E-state index is 13.7. The summed E-state index contributed by atoms with van der Waals surface area (Å²) in [6, 6.07) is 15.5. The van der Waals surface area contributed by atoms with E-state index in [0.717, 1.165) is 5.69 Å². The zero-order chi connectivity index (χ0) is 14.8. The van der Waals surface area contributed by atoms with Gasteiger partial charge in [-0.3, -0.25) is 0 Å². The van der Waals surface area contributed by atoms with Crippen molar-refractivity contribution in [2.24, 2.45) is 0 Å². The van der Waals surface area contributed by atoms with Gasteiger partial charge in [-0.15, -0.1) is 11.3 Å². The normalized spacial score (nSPS) is 12.3. The van der Waals surface area contributed by atoms with Gasteiger partial charge >= 0.3 is 0 Å². The van der Waals surface area contributed by atoms with Crippen LogP contribution in [0.15, 0.2) is 48.5 Å². The highest BCUT2D eigenvalue weighted by molar-refractivity contribution is 7.19. The summed E-state index contributed by atoms with van der Waals surface area (Å²) in [5.74, 6) is -0.0962. The second-order valence-corrected chi connectivity index (χ2v) is 6.02. The van der Waals surface area contributed by atoms with Crippen LogP contribution in [0, 0.1) is 5.82 Å². The number of hydrogen-bond acceptors (Lipinski definition) is 3. The second kappa shape index (κ2) is 5.74. The van der Waals surface area contributed by atoms with Crippen molar-refractivity contribution >= 4 is 27.1 Å². The van der Waals surface area contributed by atoms with E-state index in [1.54, 1.807) is 17.4 Å². The van der Waals surface area contributed by atoms with Gasteiger partial charge in [0, 0.05) is 21.3 Å². The molecule has 0 aliphatic carbocycles. The first-order valence-electron chi connectivity index (χ1n) is 6.76. The van der Waals surface area contributed by atoms with Crippen LogP contribution >= 0.6 is 11.3 Å². The fraction of sp³-hybridized carbons (Fsp3) is 0.176. The van der Waals surface area contributed by atoms with E-state index < -0.39 is 0 Å². The number of halogens is 1. The molecule has 108 valence electrons. The molecule has 4 heteroatoms. The van der Waals surface area contributed by atoms with Gasteiger partial charge in [0.25, 0.3) is 0 Å². The van der Waals surface area contributed by atoms with Crippen LogP contribution in [0.5, 0.6) is 5.75 Å².